The fourth-order valence-electron chi connectivity index (χ4n) is 2.33. The highest BCUT2D eigenvalue weighted by atomic mass is 32.2. The van der Waals surface area contributed by atoms with Crippen molar-refractivity contribution in [2.45, 2.75) is 24.0 Å². The number of amides is 1. The summed E-state index contributed by atoms with van der Waals surface area (Å²) in [6.45, 7) is 1.09. The highest BCUT2D eigenvalue weighted by Gasteiger charge is 2.14. The second kappa shape index (κ2) is 9.04. The first kappa shape index (κ1) is 18.7. The number of thiophene rings is 1. The van der Waals surface area contributed by atoms with Crippen molar-refractivity contribution >= 4 is 40.3 Å². The number of carbonyl (C=O) groups is 1. The molecule has 0 saturated heterocycles. The number of benzene rings is 1. The van der Waals surface area contributed by atoms with E-state index in [-0.39, 0.29) is 5.91 Å². The summed E-state index contributed by atoms with van der Waals surface area (Å²) in [5.74, 6) is 0.328. The molecule has 0 unspecified atom stereocenters. The normalized spacial score (nSPS) is 10.9. The van der Waals surface area contributed by atoms with E-state index in [2.05, 4.69) is 31.0 Å². The van der Waals surface area contributed by atoms with Gasteiger partial charge in [-0.2, -0.15) is 0 Å². The molecule has 8 nitrogen and oxygen atoms in total. The van der Waals surface area contributed by atoms with Crippen LogP contribution in [0.4, 0.5) is 0 Å². The maximum atomic E-state index is 12.3. The third-order valence-electron chi connectivity index (χ3n) is 3.67. The zero-order valence-electron chi connectivity index (χ0n) is 14.6. The number of hydrogen-bond acceptors (Lipinski definition) is 9. The molecule has 4 aromatic rings. The average molecular weight is 430 g/mol. The monoisotopic (exact) mass is 429 g/mol. The maximum absolute atomic E-state index is 12.3. The summed E-state index contributed by atoms with van der Waals surface area (Å²) >= 11 is 4.41. The Balaban J connectivity index is 1.31. The molecular weight excluding hydrogens is 414 g/mol. The lowest BCUT2D eigenvalue weighted by atomic mass is 10.2. The van der Waals surface area contributed by atoms with E-state index < -0.39 is 0 Å². The minimum Gasteiger partial charge on any atom is -0.346 e. The van der Waals surface area contributed by atoms with Gasteiger partial charge in [0.2, 0.25) is 10.2 Å². The van der Waals surface area contributed by atoms with Crippen LogP contribution in [-0.4, -0.2) is 36.3 Å². The van der Waals surface area contributed by atoms with E-state index in [1.807, 2.05) is 47.8 Å². The Kier molecular flexibility index (Phi) is 6.04. The second-order valence-corrected chi connectivity index (χ2v) is 8.69. The molecule has 11 heteroatoms. The summed E-state index contributed by atoms with van der Waals surface area (Å²) in [4.78, 5) is 13.4. The quantitative estimate of drug-likeness (QED) is 0.430. The summed E-state index contributed by atoms with van der Waals surface area (Å²) in [7, 11) is 0. The Labute approximate surface area is 173 Å². The van der Waals surface area contributed by atoms with Crippen molar-refractivity contribution < 1.29 is 4.79 Å². The molecule has 3 aromatic heterocycles. The van der Waals surface area contributed by atoms with Crippen LogP contribution >= 0.6 is 34.4 Å². The van der Waals surface area contributed by atoms with Crippen molar-refractivity contribution in [2.75, 3.05) is 0 Å². The van der Waals surface area contributed by atoms with E-state index in [0.29, 0.717) is 29.0 Å². The van der Waals surface area contributed by atoms with Crippen molar-refractivity contribution in [3.8, 4) is 0 Å². The van der Waals surface area contributed by atoms with E-state index >= 15 is 0 Å². The molecule has 1 amide bonds. The summed E-state index contributed by atoms with van der Waals surface area (Å²) in [5, 5.41) is 26.6. The Morgan fingerprint density at radius 2 is 2.00 bits per heavy atom. The van der Waals surface area contributed by atoms with Crippen LogP contribution in [0.1, 0.15) is 25.3 Å². The Hall–Kier alpha value is -2.63. The van der Waals surface area contributed by atoms with Gasteiger partial charge in [0.05, 0.1) is 12.3 Å². The molecule has 0 radical (unpaired) electrons. The van der Waals surface area contributed by atoms with Crippen LogP contribution in [0, 0.1) is 0 Å². The first-order valence-corrected chi connectivity index (χ1v) is 11.0. The maximum Gasteiger partial charge on any atom is 0.282 e. The summed E-state index contributed by atoms with van der Waals surface area (Å²) < 4.78 is 1.75. The Morgan fingerprint density at radius 3 is 2.82 bits per heavy atom. The van der Waals surface area contributed by atoms with E-state index in [1.54, 1.807) is 16.0 Å². The van der Waals surface area contributed by atoms with Gasteiger partial charge >= 0.3 is 0 Å². The third-order valence-corrected chi connectivity index (χ3v) is 6.60. The van der Waals surface area contributed by atoms with Crippen LogP contribution in [0.3, 0.4) is 0 Å². The smallest absolute Gasteiger partial charge is 0.282 e. The largest absolute Gasteiger partial charge is 0.346 e. The van der Waals surface area contributed by atoms with Crippen molar-refractivity contribution in [1.29, 1.82) is 0 Å². The number of carbonyl (C=O) groups excluding carboxylic acids is 1. The molecule has 0 aliphatic carbocycles. The zero-order valence-corrected chi connectivity index (χ0v) is 17.0. The highest BCUT2D eigenvalue weighted by Crippen LogP contribution is 2.23. The Bertz CT molecular complexity index is 1030. The van der Waals surface area contributed by atoms with Crippen LogP contribution in [-0.2, 0) is 18.8 Å². The van der Waals surface area contributed by atoms with Crippen LogP contribution < -0.4 is 5.32 Å². The predicted molar refractivity (Wildman–Crippen MR) is 108 cm³/mol. The SMILES string of the molecule is O=C(NCc1ccccc1)c1nnc(CSc2nnnn2Cc2cccs2)s1. The van der Waals surface area contributed by atoms with Gasteiger partial charge in [0.1, 0.15) is 5.01 Å². The van der Waals surface area contributed by atoms with Gasteiger partial charge in [-0.05, 0) is 27.4 Å². The molecule has 0 saturated carbocycles. The van der Waals surface area contributed by atoms with Gasteiger partial charge < -0.3 is 5.32 Å². The van der Waals surface area contributed by atoms with Gasteiger partial charge in [-0.3, -0.25) is 4.79 Å². The molecule has 1 N–H and O–H groups in total. The third kappa shape index (κ3) is 4.80. The van der Waals surface area contributed by atoms with E-state index in [9.17, 15) is 4.79 Å². The minimum atomic E-state index is -0.222. The number of aromatic nitrogens is 6. The lowest BCUT2D eigenvalue weighted by Crippen LogP contribution is -2.22. The molecule has 28 heavy (non-hydrogen) atoms. The number of nitrogens with zero attached hydrogens (tertiary/aromatic N) is 6. The van der Waals surface area contributed by atoms with Gasteiger partial charge in [0, 0.05) is 11.4 Å². The fraction of sp³-hybridized carbons (Fsp3) is 0.176. The summed E-state index contributed by atoms with van der Waals surface area (Å²) in [6.07, 6.45) is 0. The molecule has 0 spiro atoms. The first-order valence-electron chi connectivity index (χ1n) is 8.34. The van der Waals surface area contributed by atoms with Gasteiger partial charge in [0.15, 0.2) is 0 Å². The fourth-order valence-corrected chi connectivity index (χ4v) is 4.64. The number of tetrazole rings is 1. The van der Waals surface area contributed by atoms with E-state index in [4.69, 9.17) is 0 Å². The molecule has 3 heterocycles. The molecular formula is C17H15N7OS3. The van der Waals surface area contributed by atoms with Crippen molar-refractivity contribution in [3.63, 3.8) is 0 Å². The van der Waals surface area contributed by atoms with Crippen LogP contribution in [0.25, 0.3) is 0 Å². The van der Waals surface area contributed by atoms with E-state index in [1.165, 1.54) is 28.0 Å². The topological polar surface area (TPSA) is 98.5 Å². The van der Waals surface area contributed by atoms with Gasteiger partial charge in [-0.1, -0.05) is 59.5 Å². The minimum absolute atomic E-state index is 0.222. The number of nitrogens with one attached hydrogen (secondary N) is 1. The molecule has 0 aliphatic heterocycles. The second-order valence-electron chi connectivity index (χ2n) is 5.66. The number of hydrogen-bond donors (Lipinski definition) is 1. The Morgan fingerprint density at radius 1 is 1.11 bits per heavy atom. The van der Waals surface area contributed by atoms with Crippen LogP contribution in [0.2, 0.25) is 0 Å². The van der Waals surface area contributed by atoms with Gasteiger partial charge in [0.25, 0.3) is 5.91 Å². The van der Waals surface area contributed by atoms with Crippen molar-refractivity contribution in [3.05, 3.63) is 68.3 Å². The molecule has 0 aliphatic rings. The molecule has 1 aromatic carbocycles. The van der Waals surface area contributed by atoms with Gasteiger partial charge in [-0.15, -0.1) is 26.6 Å². The molecule has 0 bridgehead atoms. The molecule has 0 atom stereocenters. The number of thioether (sulfide) groups is 1. The molecule has 0 fully saturated rings. The summed E-state index contributed by atoms with van der Waals surface area (Å²) in [6, 6.07) is 13.8. The first-order chi connectivity index (χ1) is 13.8. The predicted octanol–water partition coefficient (Wildman–Crippen LogP) is 2.86. The lowest BCUT2D eigenvalue weighted by Gasteiger charge is -2.02. The van der Waals surface area contributed by atoms with Crippen molar-refractivity contribution in [2.24, 2.45) is 0 Å². The average Bonchev–Trinajstić information content (AvgIpc) is 3.48. The zero-order chi connectivity index (χ0) is 19.2. The van der Waals surface area contributed by atoms with Crippen LogP contribution in [0.15, 0.2) is 53.0 Å². The standard InChI is InChI=1S/C17H15N7OS3/c25-15(18-9-12-5-2-1-3-6-12)16-20-19-14(28-16)11-27-17-21-22-23-24(17)10-13-7-4-8-26-13/h1-8H,9-11H2,(H,18,25). The van der Waals surface area contributed by atoms with E-state index in [0.717, 1.165) is 10.6 Å². The van der Waals surface area contributed by atoms with Gasteiger partial charge in [-0.25, -0.2) is 4.68 Å². The highest BCUT2D eigenvalue weighted by molar-refractivity contribution is 7.98. The molecule has 142 valence electrons. The van der Waals surface area contributed by atoms with Crippen LogP contribution in [0.5, 0.6) is 0 Å². The summed E-state index contributed by atoms with van der Waals surface area (Å²) in [5.41, 5.74) is 1.04. The molecule has 4 rings (SSSR count). The van der Waals surface area contributed by atoms with Crippen molar-refractivity contribution in [1.82, 2.24) is 35.7 Å². The number of rotatable bonds is 8. The lowest BCUT2D eigenvalue weighted by molar-refractivity contribution is 0.0950.